The quantitative estimate of drug-likeness (QED) is 0.862. The average molecular weight is 268 g/mol. The van der Waals surface area contributed by atoms with Gasteiger partial charge in [0, 0.05) is 25.7 Å². The summed E-state index contributed by atoms with van der Waals surface area (Å²) in [6.45, 7) is 4.47. The minimum absolute atomic E-state index is 0.132. The van der Waals surface area contributed by atoms with Crippen LogP contribution < -0.4 is 5.32 Å². The topological polar surface area (TPSA) is 52.6 Å². The highest BCUT2D eigenvalue weighted by Gasteiger charge is 2.28. The fourth-order valence-corrected chi connectivity index (χ4v) is 3.18. The molecule has 0 radical (unpaired) electrons. The van der Waals surface area contributed by atoms with E-state index in [1.54, 1.807) is 0 Å². The number of hydrogen-bond acceptors (Lipinski definition) is 4. The highest BCUT2D eigenvalue weighted by Crippen LogP contribution is 2.20. The normalized spacial score (nSPS) is 24.2. The summed E-state index contributed by atoms with van der Waals surface area (Å²) in [6, 6.07) is 4.08. The second-order valence-electron chi connectivity index (χ2n) is 4.90. The third-order valence-corrected chi connectivity index (χ3v) is 4.08. The molecule has 100 valence electrons. The highest BCUT2D eigenvalue weighted by atomic mass is 32.1. The summed E-state index contributed by atoms with van der Waals surface area (Å²) in [7, 11) is 0. The van der Waals surface area contributed by atoms with Crippen LogP contribution in [0.25, 0.3) is 0 Å². The maximum absolute atomic E-state index is 12.3. The van der Waals surface area contributed by atoms with Gasteiger partial charge in [-0.2, -0.15) is 0 Å². The third-order valence-electron chi connectivity index (χ3n) is 3.22. The van der Waals surface area contributed by atoms with Crippen LogP contribution in [0.4, 0.5) is 0 Å². The number of amides is 1. The molecule has 0 saturated carbocycles. The molecule has 2 heterocycles. The van der Waals surface area contributed by atoms with Gasteiger partial charge in [0.2, 0.25) is 0 Å². The lowest BCUT2D eigenvalue weighted by Crippen LogP contribution is -2.51. The first kappa shape index (κ1) is 13.5. The van der Waals surface area contributed by atoms with Crippen LogP contribution in [-0.4, -0.2) is 48.2 Å². The number of aliphatic hydroxyl groups is 1. The number of nitrogens with one attached hydrogen (secondary N) is 1. The Morgan fingerprint density at radius 2 is 2.44 bits per heavy atom. The van der Waals surface area contributed by atoms with Gasteiger partial charge >= 0.3 is 0 Å². The fraction of sp³-hybridized carbons (Fsp3) is 0.615. The van der Waals surface area contributed by atoms with Crippen molar-refractivity contribution in [3.05, 3.63) is 22.4 Å². The van der Waals surface area contributed by atoms with E-state index in [1.165, 1.54) is 11.3 Å². The molecule has 1 saturated heterocycles. The van der Waals surface area contributed by atoms with Crippen LogP contribution in [0.5, 0.6) is 0 Å². The van der Waals surface area contributed by atoms with Crippen molar-refractivity contribution in [1.29, 1.82) is 0 Å². The van der Waals surface area contributed by atoms with Crippen LogP contribution in [0.3, 0.4) is 0 Å². The SMILES string of the molecule is CC1CC(NCCO)CN(C(=O)c2cccs2)C1. The summed E-state index contributed by atoms with van der Waals surface area (Å²) in [5.41, 5.74) is 0. The summed E-state index contributed by atoms with van der Waals surface area (Å²) < 4.78 is 0. The molecule has 2 atom stereocenters. The van der Waals surface area contributed by atoms with Crippen LogP contribution >= 0.6 is 11.3 Å². The molecule has 4 nitrogen and oxygen atoms in total. The van der Waals surface area contributed by atoms with Crippen LogP contribution in [0.1, 0.15) is 23.0 Å². The summed E-state index contributed by atoms with van der Waals surface area (Å²) in [4.78, 5) is 15.0. The van der Waals surface area contributed by atoms with Gasteiger partial charge in [-0.3, -0.25) is 4.79 Å². The van der Waals surface area contributed by atoms with Gasteiger partial charge < -0.3 is 15.3 Å². The molecule has 1 aromatic heterocycles. The van der Waals surface area contributed by atoms with E-state index in [1.807, 2.05) is 22.4 Å². The maximum Gasteiger partial charge on any atom is 0.263 e. The fourth-order valence-electron chi connectivity index (χ4n) is 2.49. The summed E-state index contributed by atoms with van der Waals surface area (Å²) >= 11 is 1.49. The molecule has 1 fully saturated rings. The second kappa shape index (κ2) is 6.31. The Hall–Kier alpha value is -0.910. The molecule has 2 unspecified atom stereocenters. The Kier molecular flexibility index (Phi) is 4.74. The third kappa shape index (κ3) is 3.31. The first-order valence-corrected chi connectivity index (χ1v) is 7.25. The van der Waals surface area contributed by atoms with Gasteiger partial charge in [0.1, 0.15) is 0 Å². The van der Waals surface area contributed by atoms with Gasteiger partial charge in [-0.25, -0.2) is 0 Å². The summed E-state index contributed by atoms with van der Waals surface area (Å²) in [5.74, 6) is 0.631. The van der Waals surface area contributed by atoms with E-state index < -0.39 is 0 Å². The highest BCUT2D eigenvalue weighted by molar-refractivity contribution is 7.12. The number of likely N-dealkylation sites (tertiary alicyclic amines) is 1. The van der Waals surface area contributed by atoms with Gasteiger partial charge in [0.25, 0.3) is 5.91 Å². The zero-order valence-electron chi connectivity index (χ0n) is 10.6. The Morgan fingerprint density at radius 3 is 3.11 bits per heavy atom. The average Bonchev–Trinajstić information content (AvgIpc) is 2.88. The molecule has 2 rings (SSSR count). The molecular weight excluding hydrogens is 248 g/mol. The first-order chi connectivity index (χ1) is 8.70. The Morgan fingerprint density at radius 1 is 1.61 bits per heavy atom. The molecule has 0 aromatic carbocycles. The molecule has 0 aliphatic carbocycles. The lowest BCUT2D eigenvalue weighted by atomic mass is 9.95. The van der Waals surface area contributed by atoms with Gasteiger partial charge in [-0.15, -0.1) is 11.3 Å². The predicted octanol–water partition coefficient (Wildman–Crippen LogP) is 1.18. The molecule has 1 aromatic rings. The lowest BCUT2D eigenvalue weighted by molar-refractivity contribution is 0.0643. The minimum atomic E-state index is 0.132. The van der Waals surface area contributed by atoms with Crippen molar-refractivity contribution in [1.82, 2.24) is 10.2 Å². The van der Waals surface area contributed by atoms with Crippen molar-refractivity contribution in [2.45, 2.75) is 19.4 Å². The van der Waals surface area contributed by atoms with E-state index in [0.717, 1.165) is 24.4 Å². The number of carbonyl (C=O) groups is 1. The number of carbonyl (C=O) groups excluding carboxylic acids is 1. The molecule has 0 spiro atoms. The van der Waals surface area contributed by atoms with Crippen molar-refractivity contribution in [2.24, 2.45) is 5.92 Å². The maximum atomic E-state index is 12.3. The molecule has 18 heavy (non-hydrogen) atoms. The van der Waals surface area contributed by atoms with E-state index in [2.05, 4.69) is 12.2 Å². The molecule has 1 aliphatic heterocycles. The molecular formula is C13H20N2O2S. The minimum Gasteiger partial charge on any atom is -0.395 e. The smallest absolute Gasteiger partial charge is 0.263 e. The van der Waals surface area contributed by atoms with Crippen molar-refractivity contribution in [3.8, 4) is 0 Å². The van der Waals surface area contributed by atoms with E-state index in [4.69, 9.17) is 5.11 Å². The van der Waals surface area contributed by atoms with E-state index in [0.29, 0.717) is 18.5 Å². The number of piperidine rings is 1. The van der Waals surface area contributed by atoms with Gasteiger partial charge in [-0.1, -0.05) is 13.0 Å². The standard InChI is InChI=1S/C13H20N2O2S/c1-10-7-11(14-4-5-16)9-15(8-10)13(17)12-3-2-6-18-12/h2-3,6,10-11,14,16H,4-5,7-9H2,1H3. The molecule has 1 aliphatic rings. The number of nitrogens with zero attached hydrogens (tertiary/aromatic N) is 1. The van der Waals surface area contributed by atoms with Crippen LogP contribution in [0.15, 0.2) is 17.5 Å². The van der Waals surface area contributed by atoms with Crippen molar-refractivity contribution in [2.75, 3.05) is 26.2 Å². The number of hydrogen-bond donors (Lipinski definition) is 2. The summed E-state index contributed by atoms with van der Waals surface area (Å²) in [6.07, 6.45) is 1.06. The monoisotopic (exact) mass is 268 g/mol. The molecule has 1 amide bonds. The van der Waals surface area contributed by atoms with Crippen molar-refractivity contribution >= 4 is 17.2 Å². The van der Waals surface area contributed by atoms with Gasteiger partial charge in [0.05, 0.1) is 11.5 Å². The number of thiophene rings is 1. The van der Waals surface area contributed by atoms with E-state index in [9.17, 15) is 4.79 Å². The largest absolute Gasteiger partial charge is 0.395 e. The van der Waals surface area contributed by atoms with Gasteiger partial charge in [0.15, 0.2) is 0 Å². The summed E-state index contributed by atoms with van der Waals surface area (Å²) in [5, 5.41) is 14.1. The van der Waals surface area contributed by atoms with Gasteiger partial charge in [-0.05, 0) is 23.8 Å². The van der Waals surface area contributed by atoms with Crippen LogP contribution in [0, 0.1) is 5.92 Å². The zero-order valence-corrected chi connectivity index (χ0v) is 11.4. The lowest BCUT2D eigenvalue weighted by Gasteiger charge is -2.36. The Labute approximate surface area is 112 Å². The zero-order chi connectivity index (χ0) is 13.0. The van der Waals surface area contributed by atoms with Crippen molar-refractivity contribution in [3.63, 3.8) is 0 Å². The number of rotatable bonds is 4. The Balaban J connectivity index is 1.97. The van der Waals surface area contributed by atoms with Crippen LogP contribution in [0.2, 0.25) is 0 Å². The molecule has 5 heteroatoms. The second-order valence-corrected chi connectivity index (χ2v) is 5.85. The first-order valence-electron chi connectivity index (χ1n) is 6.37. The van der Waals surface area contributed by atoms with E-state index in [-0.39, 0.29) is 12.5 Å². The molecule has 2 N–H and O–H groups in total. The molecule has 0 bridgehead atoms. The van der Waals surface area contributed by atoms with E-state index >= 15 is 0 Å². The number of aliphatic hydroxyl groups excluding tert-OH is 1. The predicted molar refractivity (Wildman–Crippen MR) is 72.9 cm³/mol. The van der Waals surface area contributed by atoms with Crippen molar-refractivity contribution < 1.29 is 9.90 Å². The Bertz CT molecular complexity index is 380. The van der Waals surface area contributed by atoms with Crippen LogP contribution in [-0.2, 0) is 0 Å².